The van der Waals surface area contributed by atoms with E-state index in [9.17, 15) is 13.2 Å². The number of amides is 1. The highest BCUT2D eigenvalue weighted by molar-refractivity contribution is 7.89. The van der Waals surface area contributed by atoms with Crippen molar-refractivity contribution < 1.29 is 17.7 Å². The van der Waals surface area contributed by atoms with E-state index >= 15 is 0 Å². The van der Waals surface area contributed by atoms with E-state index in [4.69, 9.17) is 4.52 Å². The number of pyridine rings is 1. The second kappa shape index (κ2) is 7.17. The van der Waals surface area contributed by atoms with Gasteiger partial charge in [0.1, 0.15) is 5.69 Å². The summed E-state index contributed by atoms with van der Waals surface area (Å²) in [5.74, 6) is 0.927. The molecule has 0 radical (unpaired) electrons. The Morgan fingerprint density at radius 1 is 1.34 bits per heavy atom. The molecule has 156 valence electrons. The van der Waals surface area contributed by atoms with Crippen LogP contribution in [0.4, 0.5) is 0 Å². The van der Waals surface area contributed by atoms with Crippen molar-refractivity contribution in [1.82, 2.24) is 24.7 Å². The van der Waals surface area contributed by atoms with E-state index in [0.29, 0.717) is 43.3 Å². The predicted molar refractivity (Wildman–Crippen MR) is 105 cm³/mol. The fourth-order valence-corrected chi connectivity index (χ4v) is 5.46. The SMILES string of the molecule is CCS(=O)(=O)N[C@@H]1C[C@H]2CN(C(=O)c3cccc(C)n3)C[C@@]2(c2nc(C)no2)C1. The average molecular weight is 420 g/mol. The second-order valence-electron chi connectivity index (χ2n) is 8.01. The molecule has 1 saturated heterocycles. The molecule has 0 bridgehead atoms. The van der Waals surface area contributed by atoms with Crippen molar-refractivity contribution in [1.29, 1.82) is 0 Å². The summed E-state index contributed by atoms with van der Waals surface area (Å²) in [6, 6.07) is 5.17. The molecule has 29 heavy (non-hydrogen) atoms. The number of carbonyl (C=O) groups is 1. The zero-order valence-electron chi connectivity index (χ0n) is 16.8. The van der Waals surface area contributed by atoms with Crippen LogP contribution in [0.3, 0.4) is 0 Å². The third-order valence-electron chi connectivity index (χ3n) is 5.95. The van der Waals surface area contributed by atoms with Gasteiger partial charge in [0, 0.05) is 24.8 Å². The van der Waals surface area contributed by atoms with Crippen molar-refractivity contribution in [2.45, 2.75) is 45.1 Å². The monoisotopic (exact) mass is 419 g/mol. The topological polar surface area (TPSA) is 118 Å². The Balaban J connectivity index is 1.62. The number of rotatable bonds is 5. The van der Waals surface area contributed by atoms with Crippen molar-refractivity contribution in [2.75, 3.05) is 18.8 Å². The number of aromatic nitrogens is 3. The van der Waals surface area contributed by atoms with Gasteiger partial charge in [0.15, 0.2) is 5.82 Å². The van der Waals surface area contributed by atoms with Crippen molar-refractivity contribution in [3.63, 3.8) is 0 Å². The highest BCUT2D eigenvalue weighted by Gasteiger charge is 2.58. The van der Waals surface area contributed by atoms with E-state index in [0.717, 1.165) is 5.69 Å². The quantitative estimate of drug-likeness (QED) is 0.773. The normalized spacial score (nSPS) is 26.7. The third-order valence-corrected chi connectivity index (χ3v) is 7.40. The van der Waals surface area contributed by atoms with E-state index < -0.39 is 15.4 Å². The number of nitrogens with one attached hydrogen (secondary N) is 1. The summed E-state index contributed by atoms with van der Waals surface area (Å²) in [6.07, 6.45) is 1.13. The minimum absolute atomic E-state index is 0.0284. The zero-order chi connectivity index (χ0) is 20.8. The first-order valence-corrected chi connectivity index (χ1v) is 11.4. The summed E-state index contributed by atoms with van der Waals surface area (Å²) in [6.45, 7) is 6.12. The van der Waals surface area contributed by atoms with Crippen LogP contribution in [-0.4, -0.2) is 59.2 Å². The van der Waals surface area contributed by atoms with Gasteiger partial charge in [-0.1, -0.05) is 11.2 Å². The Hall–Kier alpha value is -2.33. The molecule has 0 aromatic carbocycles. The van der Waals surface area contributed by atoms with E-state index in [2.05, 4.69) is 19.8 Å². The van der Waals surface area contributed by atoms with Crippen LogP contribution in [0, 0.1) is 19.8 Å². The Labute approximate surface area is 169 Å². The first-order valence-electron chi connectivity index (χ1n) is 9.76. The lowest BCUT2D eigenvalue weighted by atomic mass is 9.80. The number of hydrogen-bond acceptors (Lipinski definition) is 7. The number of likely N-dealkylation sites (tertiary alicyclic amines) is 1. The van der Waals surface area contributed by atoms with Crippen LogP contribution in [0.15, 0.2) is 22.7 Å². The van der Waals surface area contributed by atoms with Crippen LogP contribution in [-0.2, 0) is 15.4 Å². The van der Waals surface area contributed by atoms with Gasteiger partial charge in [0.25, 0.3) is 5.91 Å². The molecule has 1 aliphatic carbocycles. The summed E-state index contributed by atoms with van der Waals surface area (Å²) in [4.78, 5) is 23.6. The average Bonchev–Trinajstić information content (AvgIpc) is 3.33. The maximum absolute atomic E-state index is 13.1. The summed E-state index contributed by atoms with van der Waals surface area (Å²) in [5.41, 5.74) is 0.637. The fraction of sp³-hybridized carbons (Fsp3) is 0.579. The summed E-state index contributed by atoms with van der Waals surface area (Å²) >= 11 is 0. The Bertz CT molecular complexity index is 1040. The van der Waals surface area contributed by atoms with Crippen LogP contribution in [0.1, 0.15) is 47.7 Å². The largest absolute Gasteiger partial charge is 0.339 e. The van der Waals surface area contributed by atoms with Gasteiger partial charge >= 0.3 is 0 Å². The molecule has 0 spiro atoms. The lowest BCUT2D eigenvalue weighted by molar-refractivity contribution is 0.0767. The van der Waals surface area contributed by atoms with Crippen LogP contribution in [0.25, 0.3) is 0 Å². The van der Waals surface area contributed by atoms with Gasteiger partial charge in [-0.25, -0.2) is 18.1 Å². The second-order valence-corrected chi connectivity index (χ2v) is 10.1. The Kier molecular flexibility index (Phi) is 4.94. The molecular formula is C19H25N5O4S. The zero-order valence-corrected chi connectivity index (χ0v) is 17.6. The first-order chi connectivity index (χ1) is 13.7. The minimum Gasteiger partial charge on any atom is -0.339 e. The number of nitrogens with zero attached hydrogens (tertiary/aromatic N) is 4. The van der Waals surface area contributed by atoms with Crippen molar-refractivity contribution in [3.8, 4) is 0 Å². The van der Waals surface area contributed by atoms with Crippen LogP contribution in [0.5, 0.6) is 0 Å². The first kappa shape index (κ1) is 20.0. The van der Waals surface area contributed by atoms with Crippen LogP contribution < -0.4 is 4.72 Å². The summed E-state index contributed by atoms with van der Waals surface area (Å²) < 4.78 is 32.5. The standard InChI is InChI=1S/C19H25N5O4S/c1-4-29(26,27)23-15-8-14-10-24(17(25)16-7-5-6-12(2)20-16)11-19(14,9-15)18-21-13(3)22-28-18/h5-7,14-15,23H,4,8-11H2,1-3H3/t14-,15+,19-/m0/s1. The summed E-state index contributed by atoms with van der Waals surface area (Å²) in [5, 5.41) is 3.93. The van der Waals surface area contributed by atoms with Crippen molar-refractivity contribution in [2.24, 2.45) is 5.92 Å². The minimum atomic E-state index is -3.32. The maximum atomic E-state index is 13.1. The van der Waals surface area contributed by atoms with E-state index in [1.54, 1.807) is 24.8 Å². The van der Waals surface area contributed by atoms with Gasteiger partial charge in [-0.15, -0.1) is 0 Å². The van der Waals surface area contributed by atoms with Gasteiger partial charge in [-0.05, 0) is 51.7 Å². The molecule has 1 N–H and O–H groups in total. The van der Waals surface area contributed by atoms with Gasteiger partial charge < -0.3 is 9.42 Å². The Morgan fingerprint density at radius 2 is 2.14 bits per heavy atom. The molecule has 9 nitrogen and oxygen atoms in total. The summed E-state index contributed by atoms with van der Waals surface area (Å²) in [7, 11) is -3.32. The molecule has 1 amide bonds. The van der Waals surface area contributed by atoms with E-state index in [1.165, 1.54) is 0 Å². The predicted octanol–water partition coefficient (Wildman–Crippen LogP) is 1.19. The smallest absolute Gasteiger partial charge is 0.272 e. The molecule has 2 aliphatic rings. The molecule has 2 fully saturated rings. The molecule has 1 saturated carbocycles. The molecule has 10 heteroatoms. The van der Waals surface area contributed by atoms with Gasteiger partial charge in [-0.3, -0.25) is 4.79 Å². The number of fused-ring (bicyclic) bond motifs is 1. The molecule has 4 rings (SSSR count). The molecule has 3 atom stereocenters. The number of aryl methyl sites for hydroxylation is 2. The number of sulfonamides is 1. The van der Waals surface area contributed by atoms with Gasteiger partial charge in [0.05, 0.1) is 11.2 Å². The lowest BCUT2D eigenvalue weighted by Crippen LogP contribution is -2.40. The third kappa shape index (κ3) is 3.66. The molecule has 3 heterocycles. The van der Waals surface area contributed by atoms with Crippen molar-refractivity contribution >= 4 is 15.9 Å². The van der Waals surface area contributed by atoms with Gasteiger partial charge in [0.2, 0.25) is 15.9 Å². The molecular weight excluding hydrogens is 394 g/mol. The highest BCUT2D eigenvalue weighted by Crippen LogP contribution is 2.50. The molecule has 2 aromatic rings. The molecule has 2 aromatic heterocycles. The van der Waals surface area contributed by atoms with Crippen LogP contribution >= 0.6 is 0 Å². The highest BCUT2D eigenvalue weighted by atomic mass is 32.2. The van der Waals surface area contributed by atoms with Crippen molar-refractivity contribution in [3.05, 3.63) is 41.3 Å². The fourth-order valence-electron chi connectivity index (χ4n) is 4.61. The van der Waals surface area contributed by atoms with E-state index in [1.807, 2.05) is 19.1 Å². The molecule has 1 aliphatic heterocycles. The molecule has 0 unspecified atom stereocenters. The number of carbonyl (C=O) groups excluding carboxylic acids is 1. The van der Waals surface area contributed by atoms with Gasteiger partial charge in [-0.2, -0.15) is 4.98 Å². The van der Waals surface area contributed by atoms with E-state index in [-0.39, 0.29) is 23.6 Å². The number of hydrogen-bond donors (Lipinski definition) is 1. The lowest BCUT2D eigenvalue weighted by Gasteiger charge is -2.25. The maximum Gasteiger partial charge on any atom is 0.272 e. The Morgan fingerprint density at radius 3 is 2.79 bits per heavy atom. The van der Waals surface area contributed by atoms with Crippen LogP contribution in [0.2, 0.25) is 0 Å².